The Bertz CT molecular complexity index is 884. The van der Waals surface area contributed by atoms with Crippen molar-refractivity contribution in [3.8, 4) is 0 Å². The molecule has 0 aliphatic carbocycles. The number of pyridine rings is 1. The van der Waals surface area contributed by atoms with Gasteiger partial charge in [0.25, 0.3) is 0 Å². The van der Waals surface area contributed by atoms with Crippen LogP contribution in [-0.4, -0.2) is 41.0 Å². The topological polar surface area (TPSA) is 62.3 Å². The van der Waals surface area contributed by atoms with Gasteiger partial charge in [-0.05, 0) is 60.8 Å². The second-order valence-electron chi connectivity index (χ2n) is 7.28. The van der Waals surface area contributed by atoms with Crippen LogP contribution >= 0.6 is 12.2 Å². The van der Waals surface area contributed by atoms with Crippen molar-refractivity contribution in [1.29, 1.82) is 0 Å². The number of aryl methyl sites for hydroxylation is 1. The SMILES string of the molecule is CCCCc1ccc(NC(=S)N(Cc2cccnc2)[C@@H]2CCS(=O)(=O)C2)cc1. The third kappa shape index (κ3) is 5.75. The van der Waals surface area contributed by atoms with Crippen LogP contribution in [0.25, 0.3) is 0 Å². The summed E-state index contributed by atoms with van der Waals surface area (Å²) >= 11 is 5.67. The highest BCUT2D eigenvalue weighted by Gasteiger charge is 2.33. The Kier molecular flexibility index (Phi) is 7.02. The van der Waals surface area contributed by atoms with Gasteiger partial charge in [-0.25, -0.2) is 8.42 Å². The standard InChI is InChI=1S/C21H27N3O2S2/c1-2-3-5-17-7-9-19(10-8-17)23-21(27)24(15-18-6-4-12-22-14-18)20-11-13-28(25,26)16-20/h4,6-10,12,14,20H,2-3,5,11,13,15-16H2,1H3,(H,23,27)/t20-/m1/s1. The minimum absolute atomic E-state index is 0.117. The molecule has 150 valence electrons. The summed E-state index contributed by atoms with van der Waals surface area (Å²) in [5, 5.41) is 3.84. The van der Waals surface area contributed by atoms with Gasteiger partial charge in [0.1, 0.15) is 0 Å². The molecule has 28 heavy (non-hydrogen) atoms. The number of thiocarbonyl (C=S) groups is 1. The molecule has 0 spiro atoms. The molecule has 1 aromatic heterocycles. The number of nitrogens with one attached hydrogen (secondary N) is 1. The molecule has 0 radical (unpaired) electrons. The first-order valence-corrected chi connectivity index (χ1v) is 12.0. The normalized spacial score (nSPS) is 18.0. The Morgan fingerprint density at radius 2 is 2.04 bits per heavy atom. The molecule has 2 heterocycles. The van der Waals surface area contributed by atoms with E-state index in [9.17, 15) is 8.42 Å². The van der Waals surface area contributed by atoms with E-state index in [1.54, 1.807) is 12.4 Å². The van der Waals surface area contributed by atoms with E-state index in [2.05, 4.69) is 29.4 Å². The van der Waals surface area contributed by atoms with Gasteiger partial charge in [-0.1, -0.05) is 31.5 Å². The summed E-state index contributed by atoms with van der Waals surface area (Å²) in [5.74, 6) is 0.362. The lowest BCUT2D eigenvalue weighted by molar-refractivity contribution is 0.332. The summed E-state index contributed by atoms with van der Waals surface area (Å²) < 4.78 is 24.0. The molecule has 1 N–H and O–H groups in total. The lowest BCUT2D eigenvalue weighted by Gasteiger charge is -2.31. The van der Waals surface area contributed by atoms with E-state index >= 15 is 0 Å². The zero-order valence-corrected chi connectivity index (χ0v) is 17.8. The third-order valence-corrected chi connectivity index (χ3v) is 7.10. The second kappa shape index (κ2) is 9.47. The fourth-order valence-corrected chi connectivity index (χ4v) is 5.47. The smallest absolute Gasteiger partial charge is 0.174 e. The van der Waals surface area contributed by atoms with Gasteiger partial charge in [-0.15, -0.1) is 0 Å². The molecular formula is C21H27N3O2S2. The first-order chi connectivity index (χ1) is 13.5. The molecule has 1 fully saturated rings. The molecule has 7 heteroatoms. The van der Waals surface area contributed by atoms with Crippen molar-refractivity contribution >= 4 is 32.9 Å². The molecule has 2 aromatic rings. The molecule has 5 nitrogen and oxygen atoms in total. The Hall–Kier alpha value is -1.99. The summed E-state index contributed by atoms with van der Waals surface area (Å²) in [4.78, 5) is 6.15. The Morgan fingerprint density at radius 3 is 2.64 bits per heavy atom. The Labute approximate surface area is 173 Å². The number of benzene rings is 1. The van der Waals surface area contributed by atoms with Gasteiger partial charge in [0.2, 0.25) is 0 Å². The Balaban J connectivity index is 1.72. The molecular weight excluding hydrogens is 390 g/mol. The van der Waals surface area contributed by atoms with E-state index < -0.39 is 9.84 Å². The fourth-order valence-electron chi connectivity index (χ4n) is 3.41. The molecule has 0 unspecified atom stereocenters. The van der Waals surface area contributed by atoms with Crippen LogP contribution in [-0.2, 0) is 22.8 Å². The minimum Gasteiger partial charge on any atom is -0.341 e. The number of anilines is 1. The minimum atomic E-state index is -3.00. The maximum absolute atomic E-state index is 12.0. The molecule has 0 amide bonds. The second-order valence-corrected chi connectivity index (χ2v) is 9.89. The van der Waals surface area contributed by atoms with Gasteiger partial charge < -0.3 is 10.2 Å². The van der Waals surface area contributed by atoms with E-state index in [4.69, 9.17) is 12.2 Å². The van der Waals surface area contributed by atoms with Crippen molar-refractivity contribution in [3.63, 3.8) is 0 Å². The lowest BCUT2D eigenvalue weighted by Crippen LogP contribution is -2.43. The molecule has 1 aliphatic rings. The van der Waals surface area contributed by atoms with Gasteiger partial charge in [0.05, 0.1) is 11.5 Å². The van der Waals surface area contributed by atoms with Crippen LogP contribution in [0.2, 0.25) is 0 Å². The number of unbranched alkanes of at least 4 members (excludes halogenated alkanes) is 1. The van der Waals surface area contributed by atoms with Crippen LogP contribution in [0, 0.1) is 0 Å². The predicted molar refractivity (Wildman–Crippen MR) is 118 cm³/mol. The van der Waals surface area contributed by atoms with Crippen LogP contribution in [0.15, 0.2) is 48.8 Å². The van der Waals surface area contributed by atoms with Crippen LogP contribution in [0.3, 0.4) is 0 Å². The number of aromatic nitrogens is 1. The summed E-state index contributed by atoms with van der Waals surface area (Å²) in [7, 11) is -3.00. The zero-order valence-electron chi connectivity index (χ0n) is 16.2. The molecule has 0 bridgehead atoms. The van der Waals surface area contributed by atoms with Gasteiger partial charge in [-0.2, -0.15) is 0 Å². The van der Waals surface area contributed by atoms with Crippen LogP contribution in [0.5, 0.6) is 0 Å². The molecule has 1 saturated heterocycles. The van der Waals surface area contributed by atoms with Gasteiger partial charge >= 0.3 is 0 Å². The van der Waals surface area contributed by atoms with Crippen LogP contribution in [0.4, 0.5) is 5.69 Å². The zero-order chi connectivity index (χ0) is 20.0. The molecule has 3 rings (SSSR count). The summed E-state index contributed by atoms with van der Waals surface area (Å²) in [6.45, 7) is 2.73. The number of nitrogens with zero attached hydrogens (tertiary/aromatic N) is 2. The maximum Gasteiger partial charge on any atom is 0.174 e. The van der Waals surface area contributed by atoms with Crippen molar-refractivity contribution in [1.82, 2.24) is 9.88 Å². The summed E-state index contributed by atoms with van der Waals surface area (Å²) in [6, 6.07) is 12.0. The van der Waals surface area contributed by atoms with Crippen molar-refractivity contribution < 1.29 is 8.42 Å². The monoisotopic (exact) mass is 417 g/mol. The first-order valence-electron chi connectivity index (χ1n) is 9.73. The van der Waals surface area contributed by atoms with E-state index in [0.717, 1.165) is 17.7 Å². The van der Waals surface area contributed by atoms with Crippen molar-refractivity contribution in [3.05, 3.63) is 59.9 Å². The third-order valence-electron chi connectivity index (χ3n) is 5.01. The predicted octanol–water partition coefficient (Wildman–Crippen LogP) is 3.81. The highest BCUT2D eigenvalue weighted by molar-refractivity contribution is 7.91. The van der Waals surface area contributed by atoms with Crippen molar-refractivity contribution in [2.75, 3.05) is 16.8 Å². The summed E-state index contributed by atoms with van der Waals surface area (Å²) in [6.07, 6.45) is 7.55. The molecule has 0 saturated carbocycles. The van der Waals surface area contributed by atoms with E-state index in [1.165, 1.54) is 18.4 Å². The van der Waals surface area contributed by atoms with Crippen molar-refractivity contribution in [2.45, 2.75) is 45.2 Å². The molecule has 1 aromatic carbocycles. The maximum atomic E-state index is 12.0. The average Bonchev–Trinajstić information content (AvgIpc) is 3.05. The lowest BCUT2D eigenvalue weighted by atomic mass is 10.1. The quantitative estimate of drug-likeness (QED) is 0.691. The molecule has 1 atom stereocenters. The van der Waals surface area contributed by atoms with Crippen molar-refractivity contribution in [2.24, 2.45) is 0 Å². The van der Waals surface area contributed by atoms with Crippen LogP contribution in [0.1, 0.15) is 37.3 Å². The summed E-state index contributed by atoms with van der Waals surface area (Å²) in [5.41, 5.74) is 3.24. The number of sulfone groups is 1. The van der Waals surface area contributed by atoms with E-state index in [0.29, 0.717) is 18.1 Å². The highest BCUT2D eigenvalue weighted by atomic mass is 32.2. The van der Waals surface area contributed by atoms with Gasteiger partial charge in [0, 0.05) is 30.7 Å². The first kappa shape index (κ1) is 20.7. The van der Waals surface area contributed by atoms with Crippen LogP contribution < -0.4 is 5.32 Å². The number of hydrogen-bond acceptors (Lipinski definition) is 4. The van der Waals surface area contributed by atoms with Gasteiger partial charge in [0.15, 0.2) is 14.9 Å². The Morgan fingerprint density at radius 1 is 1.25 bits per heavy atom. The fraction of sp³-hybridized carbons (Fsp3) is 0.429. The average molecular weight is 418 g/mol. The largest absolute Gasteiger partial charge is 0.341 e. The number of rotatable bonds is 7. The molecule has 1 aliphatic heterocycles. The van der Waals surface area contributed by atoms with E-state index in [-0.39, 0.29) is 17.5 Å². The van der Waals surface area contributed by atoms with E-state index in [1.807, 2.05) is 29.2 Å². The highest BCUT2D eigenvalue weighted by Crippen LogP contribution is 2.22. The number of hydrogen-bond donors (Lipinski definition) is 1. The van der Waals surface area contributed by atoms with Gasteiger partial charge in [-0.3, -0.25) is 4.98 Å².